The zero-order valence-corrected chi connectivity index (χ0v) is 13.0. The summed E-state index contributed by atoms with van der Waals surface area (Å²) in [6.07, 6.45) is 3.25. The molecule has 0 radical (unpaired) electrons. The van der Waals surface area contributed by atoms with Crippen molar-refractivity contribution in [1.29, 1.82) is 0 Å². The van der Waals surface area contributed by atoms with Gasteiger partial charge < -0.3 is 10.2 Å². The maximum Gasteiger partial charge on any atom is 0.236 e. The van der Waals surface area contributed by atoms with Crippen molar-refractivity contribution in [2.24, 2.45) is 0 Å². The Morgan fingerprint density at radius 2 is 1.90 bits per heavy atom. The number of amides is 1. The Labute approximate surface area is 127 Å². The van der Waals surface area contributed by atoms with Gasteiger partial charge in [0.05, 0.1) is 6.54 Å². The highest BCUT2D eigenvalue weighted by molar-refractivity contribution is 5.85. The van der Waals surface area contributed by atoms with E-state index in [0.29, 0.717) is 13.1 Å². The standard InChI is InChI=1S/C15H23FN2O.ClH/c1-3-4-5-10-18(15(19)11-17-2)12-13-6-8-14(16)9-7-13;/h6-9,17H,3-5,10-12H2,1-2H3;1H. The van der Waals surface area contributed by atoms with E-state index < -0.39 is 0 Å². The predicted molar refractivity (Wildman–Crippen MR) is 82.5 cm³/mol. The molecule has 0 aliphatic rings. The summed E-state index contributed by atoms with van der Waals surface area (Å²) in [6.45, 7) is 3.78. The van der Waals surface area contributed by atoms with E-state index in [1.165, 1.54) is 12.1 Å². The number of likely N-dealkylation sites (N-methyl/N-ethyl adjacent to an activating group) is 1. The molecule has 0 aromatic heterocycles. The van der Waals surface area contributed by atoms with Crippen LogP contribution in [0.1, 0.15) is 31.7 Å². The van der Waals surface area contributed by atoms with E-state index in [9.17, 15) is 9.18 Å². The van der Waals surface area contributed by atoms with Gasteiger partial charge in [-0.1, -0.05) is 31.9 Å². The predicted octanol–water partition coefficient (Wildman–Crippen LogP) is 2.99. The van der Waals surface area contributed by atoms with Crippen LogP contribution in [0.3, 0.4) is 0 Å². The Morgan fingerprint density at radius 3 is 2.45 bits per heavy atom. The third-order valence-corrected chi connectivity index (χ3v) is 3.00. The van der Waals surface area contributed by atoms with Crippen molar-refractivity contribution in [1.82, 2.24) is 10.2 Å². The molecule has 0 heterocycles. The van der Waals surface area contributed by atoms with Crippen molar-refractivity contribution < 1.29 is 9.18 Å². The van der Waals surface area contributed by atoms with Gasteiger partial charge in [0.25, 0.3) is 0 Å². The highest BCUT2D eigenvalue weighted by Gasteiger charge is 2.12. The van der Waals surface area contributed by atoms with Gasteiger partial charge in [0, 0.05) is 13.1 Å². The molecule has 0 saturated carbocycles. The van der Waals surface area contributed by atoms with Crippen LogP contribution >= 0.6 is 12.4 Å². The Morgan fingerprint density at radius 1 is 1.25 bits per heavy atom. The number of benzene rings is 1. The summed E-state index contributed by atoms with van der Waals surface area (Å²) < 4.78 is 12.9. The Hall–Kier alpha value is -1.13. The molecule has 0 saturated heterocycles. The van der Waals surface area contributed by atoms with Crippen molar-refractivity contribution in [3.63, 3.8) is 0 Å². The quantitative estimate of drug-likeness (QED) is 0.749. The fourth-order valence-corrected chi connectivity index (χ4v) is 1.92. The zero-order valence-electron chi connectivity index (χ0n) is 12.2. The van der Waals surface area contributed by atoms with Crippen LogP contribution in [-0.2, 0) is 11.3 Å². The Balaban J connectivity index is 0.00000361. The van der Waals surface area contributed by atoms with Gasteiger partial charge in [-0.3, -0.25) is 4.79 Å². The lowest BCUT2D eigenvalue weighted by Crippen LogP contribution is -2.37. The summed E-state index contributed by atoms with van der Waals surface area (Å²) in [7, 11) is 1.76. The number of carbonyl (C=O) groups excluding carboxylic acids is 1. The molecule has 0 fully saturated rings. The first-order valence-electron chi connectivity index (χ1n) is 6.84. The van der Waals surface area contributed by atoms with Crippen LogP contribution < -0.4 is 5.32 Å². The normalized spacial score (nSPS) is 9.95. The largest absolute Gasteiger partial charge is 0.337 e. The second-order valence-corrected chi connectivity index (χ2v) is 4.68. The third-order valence-electron chi connectivity index (χ3n) is 3.00. The van der Waals surface area contributed by atoms with Crippen molar-refractivity contribution in [3.8, 4) is 0 Å². The summed E-state index contributed by atoms with van der Waals surface area (Å²) in [5, 5.41) is 2.88. The number of halogens is 2. The molecule has 1 amide bonds. The topological polar surface area (TPSA) is 32.3 Å². The lowest BCUT2D eigenvalue weighted by Gasteiger charge is -2.23. The van der Waals surface area contributed by atoms with E-state index in [1.54, 1.807) is 19.2 Å². The smallest absolute Gasteiger partial charge is 0.236 e. The molecular formula is C15H24ClFN2O. The molecule has 5 heteroatoms. The van der Waals surface area contributed by atoms with Crippen LogP contribution in [0.5, 0.6) is 0 Å². The summed E-state index contributed by atoms with van der Waals surface area (Å²) >= 11 is 0. The number of unbranched alkanes of at least 4 members (excludes halogenated alkanes) is 2. The van der Waals surface area contributed by atoms with Gasteiger partial charge in [-0.25, -0.2) is 4.39 Å². The molecule has 1 N–H and O–H groups in total. The van der Waals surface area contributed by atoms with E-state index in [0.717, 1.165) is 31.4 Å². The Kier molecular flexibility index (Phi) is 10.0. The molecular weight excluding hydrogens is 279 g/mol. The molecule has 20 heavy (non-hydrogen) atoms. The van der Waals surface area contributed by atoms with E-state index in [2.05, 4.69) is 12.2 Å². The maximum atomic E-state index is 12.9. The highest BCUT2D eigenvalue weighted by atomic mass is 35.5. The molecule has 0 aliphatic heterocycles. The van der Waals surface area contributed by atoms with Crippen LogP contribution in [0.25, 0.3) is 0 Å². The fourth-order valence-electron chi connectivity index (χ4n) is 1.92. The molecule has 3 nitrogen and oxygen atoms in total. The van der Waals surface area contributed by atoms with Crippen LogP contribution in [0.2, 0.25) is 0 Å². The first-order chi connectivity index (χ1) is 9.17. The number of hydrogen-bond acceptors (Lipinski definition) is 2. The van der Waals surface area contributed by atoms with Crippen molar-refractivity contribution >= 4 is 18.3 Å². The number of nitrogens with zero attached hydrogens (tertiary/aromatic N) is 1. The van der Waals surface area contributed by atoms with E-state index >= 15 is 0 Å². The number of hydrogen-bond donors (Lipinski definition) is 1. The molecule has 0 unspecified atom stereocenters. The highest BCUT2D eigenvalue weighted by Crippen LogP contribution is 2.08. The minimum atomic E-state index is -0.247. The summed E-state index contributed by atoms with van der Waals surface area (Å²) in [5.74, 6) is -0.161. The molecule has 0 bridgehead atoms. The van der Waals surface area contributed by atoms with Gasteiger partial charge in [-0.2, -0.15) is 0 Å². The minimum Gasteiger partial charge on any atom is -0.337 e. The second-order valence-electron chi connectivity index (χ2n) is 4.68. The van der Waals surface area contributed by atoms with Gasteiger partial charge in [-0.05, 0) is 31.2 Å². The van der Waals surface area contributed by atoms with E-state index in [-0.39, 0.29) is 24.1 Å². The molecule has 0 aliphatic carbocycles. The number of rotatable bonds is 8. The molecule has 1 aromatic rings. The van der Waals surface area contributed by atoms with E-state index in [1.807, 2.05) is 4.90 Å². The monoisotopic (exact) mass is 302 g/mol. The SMILES string of the molecule is CCCCCN(Cc1ccc(F)cc1)C(=O)CNC.Cl. The van der Waals surface area contributed by atoms with Gasteiger partial charge in [0.15, 0.2) is 0 Å². The van der Waals surface area contributed by atoms with E-state index in [4.69, 9.17) is 0 Å². The number of carbonyl (C=O) groups is 1. The average Bonchev–Trinajstić information content (AvgIpc) is 2.40. The van der Waals surface area contributed by atoms with Crippen LogP contribution in [-0.4, -0.2) is 30.9 Å². The molecule has 1 rings (SSSR count). The maximum absolute atomic E-state index is 12.9. The molecule has 0 spiro atoms. The Bertz CT molecular complexity index is 384. The third kappa shape index (κ3) is 6.87. The van der Waals surface area contributed by atoms with Crippen LogP contribution in [0, 0.1) is 5.82 Å². The molecule has 114 valence electrons. The first kappa shape index (κ1) is 18.9. The van der Waals surface area contributed by atoms with Crippen LogP contribution in [0.15, 0.2) is 24.3 Å². The molecule has 1 aromatic carbocycles. The van der Waals surface area contributed by atoms with Crippen molar-refractivity contribution in [2.75, 3.05) is 20.1 Å². The van der Waals surface area contributed by atoms with Crippen LogP contribution in [0.4, 0.5) is 4.39 Å². The first-order valence-corrected chi connectivity index (χ1v) is 6.84. The fraction of sp³-hybridized carbons (Fsp3) is 0.533. The average molecular weight is 303 g/mol. The summed E-state index contributed by atoms with van der Waals surface area (Å²) in [4.78, 5) is 13.8. The van der Waals surface area contributed by atoms with Gasteiger partial charge in [0.1, 0.15) is 5.82 Å². The molecule has 0 atom stereocenters. The lowest BCUT2D eigenvalue weighted by atomic mass is 10.2. The van der Waals surface area contributed by atoms with Crippen molar-refractivity contribution in [2.45, 2.75) is 32.7 Å². The lowest BCUT2D eigenvalue weighted by molar-refractivity contribution is -0.130. The summed E-state index contributed by atoms with van der Waals surface area (Å²) in [6, 6.07) is 6.33. The minimum absolute atomic E-state index is 0. The number of nitrogens with one attached hydrogen (secondary N) is 1. The summed E-state index contributed by atoms with van der Waals surface area (Å²) in [5.41, 5.74) is 0.961. The van der Waals surface area contributed by atoms with Crippen molar-refractivity contribution in [3.05, 3.63) is 35.6 Å². The van der Waals surface area contributed by atoms with Gasteiger partial charge in [-0.15, -0.1) is 12.4 Å². The zero-order chi connectivity index (χ0) is 14.1. The van der Waals surface area contributed by atoms with Gasteiger partial charge in [0.2, 0.25) is 5.91 Å². The van der Waals surface area contributed by atoms with Gasteiger partial charge >= 0.3 is 0 Å². The second kappa shape index (κ2) is 10.6.